The molecule has 1 fully saturated rings. The van der Waals surface area contributed by atoms with E-state index >= 15 is 0 Å². The van der Waals surface area contributed by atoms with Gasteiger partial charge in [0.2, 0.25) is 11.8 Å². The number of benzene rings is 2. The second-order valence-corrected chi connectivity index (χ2v) is 10.6. The van der Waals surface area contributed by atoms with E-state index in [0.717, 1.165) is 28.9 Å². The van der Waals surface area contributed by atoms with Crippen LogP contribution in [0, 0.1) is 0 Å². The molecule has 2 atom stereocenters. The highest BCUT2D eigenvalue weighted by Gasteiger charge is 2.36. The number of methoxy groups -OCH3 is 1. The van der Waals surface area contributed by atoms with Gasteiger partial charge in [0.25, 0.3) is 0 Å². The van der Waals surface area contributed by atoms with Crippen molar-refractivity contribution in [2.45, 2.75) is 45.4 Å². The Morgan fingerprint density at radius 2 is 1.79 bits per heavy atom. The molecule has 8 nitrogen and oxygen atoms in total. The van der Waals surface area contributed by atoms with Crippen LogP contribution in [0.25, 0.3) is 0 Å². The van der Waals surface area contributed by atoms with Gasteiger partial charge < -0.3 is 19.7 Å². The van der Waals surface area contributed by atoms with Crippen molar-refractivity contribution in [2.24, 2.45) is 0 Å². The topological polar surface area (TPSA) is 84.0 Å². The minimum Gasteiger partial charge on any atom is -0.493 e. The van der Waals surface area contributed by atoms with Crippen LogP contribution in [0.3, 0.4) is 0 Å². The number of carbonyl (C=O) groups excluding carboxylic acids is 2. The van der Waals surface area contributed by atoms with Crippen LogP contribution in [-0.2, 0) is 16.0 Å². The van der Waals surface area contributed by atoms with Crippen LogP contribution in [0.4, 0.5) is 5.69 Å². The van der Waals surface area contributed by atoms with E-state index in [1.807, 2.05) is 74.2 Å². The van der Waals surface area contributed by atoms with E-state index < -0.39 is 6.04 Å². The summed E-state index contributed by atoms with van der Waals surface area (Å²) in [5.74, 6) is 1.23. The fourth-order valence-electron chi connectivity index (χ4n) is 5.31. The molecule has 0 aliphatic carbocycles. The highest BCUT2D eigenvalue weighted by molar-refractivity contribution is 6.30. The van der Waals surface area contributed by atoms with Gasteiger partial charge in [0, 0.05) is 18.1 Å². The van der Waals surface area contributed by atoms with E-state index in [1.165, 1.54) is 0 Å². The molecule has 0 saturated carbocycles. The smallest absolute Gasteiger partial charge is 0.237 e. The minimum atomic E-state index is -0.418. The Balaban J connectivity index is 1.56. The number of piperazine rings is 1. The van der Waals surface area contributed by atoms with Crippen LogP contribution in [0.15, 0.2) is 54.7 Å². The monoisotopic (exact) mass is 548 g/mol. The van der Waals surface area contributed by atoms with E-state index in [4.69, 9.17) is 26.1 Å². The summed E-state index contributed by atoms with van der Waals surface area (Å²) >= 11 is 6.22. The summed E-state index contributed by atoms with van der Waals surface area (Å²) < 4.78 is 11.7. The number of nitrogens with one attached hydrogen (secondary N) is 1. The Bertz CT molecular complexity index is 1360. The van der Waals surface area contributed by atoms with Gasteiger partial charge in [-0.3, -0.25) is 19.5 Å². The number of hydrogen-bond acceptors (Lipinski definition) is 6. The number of pyridine rings is 1. The van der Waals surface area contributed by atoms with E-state index in [9.17, 15) is 9.59 Å². The van der Waals surface area contributed by atoms with E-state index in [0.29, 0.717) is 35.3 Å². The van der Waals surface area contributed by atoms with Crippen molar-refractivity contribution in [3.63, 3.8) is 0 Å². The summed E-state index contributed by atoms with van der Waals surface area (Å²) in [5, 5.41) is 3.72. The van der Waals surface area contributed by atoms with Gasteiger partial charge in [0.05, 0.1) is 55.8 Å². The lowest BCUT2D eigenvalue weighted by atomic mass is 9.87. The Kier molecular flexibility index (Phi) is 7.77. The summed E-state index contributed by atoms with van der Waals surface area (Å²) in [6.45, 7) is 7.63. The summed E-state index contributed by atoms with van der Waals surface area (Å²) in [7, 11) is 1.60. The maximum atomic E-state index is 13.7. The fraction of sp³-hybridized carbons (Fsp3) is 0.367. The zero-order chi connectivity index (χ0) is 27.7. The third kappa shape index (κ3) is 5.44. The number of aromatic nitrogens is 1. The first-order valence-corrected chi connectivity index (χ1v) is 13.6. The summed E-state index contributed by atoms with van der Waals surface area (Å²) in [5.41, 5.74) is 4.21. The molecule has 1 saturated heterocycles. The molecule has 2 aliphatic rings. The van der Waals surface area contributed by atoms with Crippen molar-refractivity contribution in [2.75, 3.05) is 31.6 Å². The Morgan fingerprint density at radius 3 is 2.44 bits per heavy atom. The van der Waals surface area contributed by atoms with Crippen LogP contribution in [0.5, 0.6) is 11.5 Å². The lowest BCUT2D eigenvalue weighted by Gasteiger charge is -2.38. The molecule has 5 rings (SSSR count). The lowest BCUT2D eigenvalue weighted by Crippen LogP contribution is -2.49. The predicted octanol–water partition coefficient (Wildman–Crippen LogP) is 4.70. The molecule has 0 unspecified atom stereocenters. The predicted molar refractivity (Wildman–Crippen MR) is 150 cm³/mol. The highest BCUT2D eigenvalue weighted by atomic mass is 35.5. The SMILES string of the molecule is COc1cc2c(cc1OC(C)C)[C@H](c1ccc(Cl)cc1)N(c1ccc([C@@H](C)N3CCNCC3=O)nc1)C(=O)C2. The molecule has 3 aromatic rings. The number of fused-ring (bicyclic) bond motifs is 1. The first-order chi connectivity index (χ1) is 18.8. The van der Waals surface area contributed by atoms with Gasteiger partial charge in [0.1, 0.15) is 0 Å². The lowest BCUT2D eigenvalue weighted by molar-refractivity contribution is -0.134. The normalized spacial score (nSPS) is 18.3. The summed E-state index contributed by atoms with van der Waals surface area (Å²) in [6.07, 6.45) is 1.89. The highest BCUT2D eigenvalue weighted by Crippen LogP contribution is 2.43. The molecule has 2 aliphatic heterocycles. The third-order valence-electron chi connectivity index (χ3n) is 7.21. The number of nitrogens with zero attached hydrogens (tertiary/aromatic N) is 3. The molecule has 9 heteroatoms. The molecule has 0 radical (unpaired) electrons. The van der Waals surface area contributed by atoms with Crippen LogP contribution in [0.2, 0.25) is 5.02 Å². The maximum Gasteiger partial charge on any atom is 0.237 e. The molecule has 39 heavy (non-hydrogen) atoms. The number of halogens is 1. The molecule has 3 heterocycles. The van der Waals surface area contributed by atoms with Crippen molar-refractivity contribution in [3.8, 4) is 11.5 Å². The first kappa shape index (κ1) is 27.0. The van der Waals surface area contributed by atoms with Crippen LogP contribution < -0.4 is 19.7 Å². The van der Waals surface area contributed by atoms with E-state index in [1.54, 1.807) is 18.2 Å². The van der Waals surface area contributed by atoms with Gasteiger partial charge in [-0.05, 0) is 73.9 Å². The average Bonchev–Trinajstić information content (AvgIpc) is 2.92. The Labute approximate surface area is 233 Å². The number of hydrogen-bond donors (Lipinski definition) is 1. The van der Waals surface area contributed by atoms with Crippen molar-refractivity contribution >= 4 is 29.1 Å². The largest absolute Gasteiger partial charge is 0.493 e. The second-order valence-electron chi connectivity index (χ2n) is 10.1. The number of anilines is 1. The van der Waals surface area contributed by atoms with Gasteiger partial charge in [-0.2, -0.15) is 0 Å². The van der Waals surface area contributed by atoms with Crippen LogP contribution in [-0.4, -0.2) is 54.5 Å². The zero-order valence-electron chi connectivity index (χ0n) is 22.6. The molecule has 0 bridgehead atoms. The molecule has 204 valence electrons. The number of rotatable bonds is 7. The van der Waals surface area contributed by atoms with Crippen molar-refractivity contribution < 1.29 is 19.1 Å². The van der Waals surface area contributed by atoms with Crippen LogP contribution >= 0.6 is 11.6 Å². The average molecular weight is 549 g/mol. The molecule has 1 aromatic heterocycles. The quantitative estimate of drug-likeness (QED) is 0.461. The Hall–Kier alpha value is -3.62. The third-order valence-corrected chi connectivity index (χ3v) is 7.46. The standard InChI is InChI=1S/C30H33ClN4O4/c1-18(2)39-27-15-24-21(13-26(27)38-4)14-28(36)35(30(24)20-5-7-22(31)8-6-20)23-9-10-25(33-16-23)19(3)34-12-11-32-17-29(34)37/h5-10,13,15-16,18-19,30,32H,11-12,14,17H2,1-4H3/t19-,30+/m1/s1. The van der Waals surface area contributed by atoms with E-state index in [2.05, 4.69) is 5.32 Å². The van der Waals surface area contributed by atoms with Gasteiger partial charge in [-0.15, -0.1) is 0 Å². The number of ether oxygens (including phenoxy) is 2. The van der Waals surface area contributed by atoms with Gasteiger partial charge in [-0.25, -0.2) is 0 Å². The van der Waals surface area contributed by atoms with Crippen molar-refractivity contribution in [1.82, 2.24) is 15.2 Å². The first-order valence-electron chi connectivity index (χ1n) is 13.2. The van der Waals surface area contributed by atoms with Crippen molar-refractivity contribution in [3.05, 3.63) is 82.1 Å². The van der Waals surface area contributed by atoms with Gasteiger partial charge >= 0.3 is 0 Å². The molecule has 2 amide bonds. The minimum absolute atomic E-state index is 0.0476. The van der Waals surface area contributed by atoms with Crippen LogP contribution in [0.1, 0.15) is 55.2 Å². The molecule has 1 N–H and O–H groups in total. The van der Waals surface area contributed by atoms with Gasteiger partial charge in [-0.1, -0.05) is 23.7 Å². The zero-order valence-corrected chi connectivity index (χ0v) is 23.4. The molecular formula is C30H33ClN4O4. The summed E-state index contributed by atoms with van der Waals surface area (Å²) in [6, 6.07) is 14.6. The summed E-state index contributed by atoms with van der Waals surface area (Å²) in [4.78, 5) is 34.4. The van der Waals surface area contributed by atoms with Gasteiger partial charge in [0.15, 0.2) is 11.5 Å². The number of carbonyl (C=O) groups is 2. The second kappa shape index (κ2) is 11.2. The van der Waals surface area contributed by atoms with E-state index in [-0.39, 0.29) is 30.4 Å². The maximum absolute atomic E-state index is 13.7. The molecular weight excluding hydrogens is 516 g/mol. The Morgan fingerprint density at radius 1 is 1.03 bits per heavy atom. The fourth-order valence-corrected chi connectivity index (χ4v) is 5.43. The van der Waals surface area contributed by atoms with Crippen molar-refractivity contribution in [1.29, 1.82) is 0 Å². The molecule has 2 aromatic carbocycles. The molecule has 0 spiro atoms. The number of amides is 2.